The zero-order valence-electron chi connectivity index (χ0n) is 8.55. The van der Waals surface area contributed by atoms with Crippen molar-refractivity contribution in [1.29, 1.82) is 0 Å². The van der Waals surface area contributed by atoms with Crippen LogP contribution in [0.25, 0.3) is 0 Å². The second-order valence-electron chi connectivity index (χ2n) is 3.55. The first-order chi connectivity index (χ1) is 7.27. The normalized spacial score (nSPS) is 12.7. The highest BCUT2D eigenvalue weighted by Gasteiger charge is 2.14. The summed E-state index contributed by atoms with van der Waals surface area (Å²) in [4.78, 5) is 4.00. The van der Waals surface area contributed by atoms with E-state index >= 15 is 0 Å². The van der Waals surface area contributed by atoms with Gasteiger partial charge in [-0.1, -0.05) is 6.07 Å². The summed E-state index contributed by atoms with van der Waals surface area (Å²) in [5.74, 6) is 0.638. The Kier molecular flexibility index (Phi) is 2.83. The molecule has 2 aromatic heterocycles. The zero-order valence-corrected chi connectivity index (χ0v) is 8.55. The van der Waals surface area contributed by atoms with Gasteiger partial charge in [0.05, 0.1) is 6.26 Å². The molecular weight excluding hydrogens is 190 g/mol. The van der Waals surface area contributed by atoms with Crippen molar-refractivity contribution in [1.82, 2.24) is 4.98 Å². The summed E-state index contributed by atoms with van der Waals surface area (Å²) < 4.78 is 5.23. The predicted octanol–water partition coefficient (Wildman–Crippen LogP) is 2.26. The number of pyridine rings is 1. The molecule has 15 heavy (non-hydrogen) atoms. The zero-order chi connectivity index (χ0) is 10.7. The van der Waals surface area contributed by atoms with E-state index in [1.54, 1.807) is 18.7 Å². The number of furan rings is 1. The number of aryl methyl sites for hydroxylation is 1. The smallest absolute Gasteiger partial charge is 0.135 e. The van der Waals surface area contributed by atoms with Crippen molar-refractivity contribution in [2.75, 3.05) is 0 Å². The van der Waals surface area contributed by atoms with Crippen LogP contribution in [0.1, 0.15) is 23.0 Å². The molecule has 0 bridgehead atoms. The Morgan fingerprint density at radius 2 is 2.33 bits per heavy atom. The van der Waals surface area contributed by atoms with Crippen molar-refractivity contribution < 1.29 is 9.52 Å². The van der Waals surface area contributed by atoms with Crippen LogP contribution in [0.3, 0.4) is 0 Å². The van der Waals surface area contributed by atoms with Gasteiger partial charge in [-0.05, 0) is 30.2 Å². The molecule has 0 radical (unpaired) electrons. The quantitative estimate of drug-likeness (QED) is 0.832. The van der Waals surface area contributed by atoms with Crippen LogP contribution < -0.4 is 0 Å². The fraction of sp³-hybridized carbons (Fsp3) is 0.250. The molecule has 2 aromatic rings. The van der Waals surface area contributed by atoms with Gasteiger partial charge in [-0.2, -0.15) is 0 Å². The molecule has 0 aliphatic carbocycles. The average molecular weight is 203 g/mol. The van der Waals surface area contributed by atoms with Crippen LogP contribution in [0.15, 0.2) is 41.3 Å². The minimum absolute atomic E-state index is 0.530. The van der Waals surface area contributed by atoms with Gasteiger partial charge >= 0.3 is 0 Å². The monoisotopic (exact) mass is 203 g/mol. The number of hydrogen-bond donors (Lipinski definition) is 1. The minimum Gasteiger partial charge on any atom is -0.466 e. The van der Waals surface area contributed by atoms with Crippen molar-refractivity contribution in [2.45, 2.75) is 19.4 Å². The molecule has 0 amide bonds. The van der Waals surface area contributed by atoms with Gasteiger partial charge in [0.1, 0.15) is 11.9 Å². The standard InChI is InChI=1S/C12H13NO2/c1-9-4-6-15-12(9)11(14)7-10-3-2-5-13-8-10/h2-6,8,11,14H,7H2,1H3. The summed E-state index contributed by atoms with van der Waals surface area (Å²) in [6.45, 7) is 1.92. The molecular formula is C12H13NO2. The van der Waals surface area contributed by atoms with Crippen molar-refractivity contribution >= 4 is 0 Å². The highest BCUT2D eigenvalue weighted by molar-refractivity contribution is 5.19. The first kappa shape index (κ1) is 9.93. The molecule has 0 aliphatic heterocycles. The lowest BCUT2D eigenvalue weighted by Gasteiger charge is -2.08. The van der Waals surface area contributed by atoms with Crippen LogP contribution in [-0.4, -0.2) is 10.1 Å². The maximum absolute atomic E-state index is 9.92. The number of nitrogens with zero attached hydrogens (tertiary/aromatic N) is 1. The Hall–Kier alpha value is -1.61. The van der Waals surface area contributed by atoms with Gasteiger partial charge in [-0.3, -0.25) is 4.98 Å². The largest absolute Gasteiger partial charge is 0.466 e. The third-order valence-corrected chi connectivity index (χ3v) is 2.36. The summed E-state index contributed by atoms with van der Waals surface area (Å²) in [6, 6.07) is 5.65. The topological polar surface area (TPSA) is 46.3 Å². The SMILES string of the molecule is Cc1ccoc1C(O)Cc1cccnc1. The summed E-state index contributed by atoms with van der Waals surface area (Å²) in [5, 5.41) is 9.92. The van der Waals surface area contributed by atoms with Gasteiger partial charge in [-0.15, -0.1) is 0 Å². The summed E-state index contributed by atoms with van der Waals surface area (Å²) in [5.41, 5.74) is 1.98. The molecule has 0 fully saturated rings. The van der Waals surface area contributed by atoms with Crippen LogP contribution in [-0.2, 0) is 6.42 Å². The molecule has 1 unspecified atom stereocenters. The van der Waals surface area contributed by atoms with Crippen molar-refractivity contribution in [3.05, 3.63) is 53.7 Å². The first-order valence-electron chi connectivity index (χ1n) is 4.88. The molecule has 3 heteroatoms. The number of aromatic nitrogens is 1. The van der Waals surface area contributed by atoms with Gasteiger partial charge in [0.15, 0.2) is 0 Å². The molecule has 1 atom stereocenters. The van der Waals surface area contributed by atoms with Gasteiger partial charge in [0.25, 0.3) is 0 Å². The van der Waals surface area contributed by atoms with Crippen LogP contribution in [0.5, 0.6) is 0 Å². The third kappa shape index (κ3) is 2.25. The van der Waals surface area contributed by atoms with E-state index in [0.29, 0.717) is 12.2 Å². The Morgan fingerprint density at radius 1 is 1.47 bits per heavy atom. The Bertz CT molecular complexity index is 422. The van der Waals surface area contributed by atoms with Crippen molar-refractivity contribution in [3.63, 3.8) is 0 Å². The van der Waals surface area contributed by atoms with E-state index in [9.17, 15) is 5.11 Å². The van der Waals surface area contributed by atoms with Crippen LogP contribution in [0.2, 0.25) is 0 Å². The maximum Gasteiger partial charge on any atom is 0.135 e. The summed E-state index contributed by atoms with van der Waals surface area (Å²) in [6.07, 6.45) is 5.00. The van der Waals surface area contributed by atoms with Crippen molar-refractivity contribution in [2.24, 2.45) is 0 Å². The minimum atomic E-state index is -0.593. The van der Waals surface area contributed by atoms with Crippen molar-refractivity contribution in [3.8, 4) is 0 Å². The summed E-state index contributed by atoms with van der Waals surface area (Å²) >= 11 is 0. The molecule has 0 spiro atoms. The first-order valence-corrected chi connectivity index (χ1v) is 4.88. The number of rotatable bonds is 3. The van der Waals surface area contributed by atoms with Gasteiger partial charge in [0, 0.05) is 18.8 Å². The second-order valence-corrected chi connectivity index (χ2v) is 3.55. The number of aliphatic hydroxyl groups is 1. The van der Waals surface area contributed by atoms with E-state index in [4.69, 9.17) is 4.42 Å². The Balaban J connectivity index is 2.11. The highest BCUT2D eigenvalue weighted by atomic mass is 16.4. The van der Waals surface area contributed by atoms with E-state index < -0.39 is 6.10 Å². The molecule has 2 rings (SSSR count). The second kappa shape index (κ2) is 4.28. The molecule has 0 saturated carbocycles. The molecule has 0 aliphatic rings. The molecule has 2 heterocycles. The lowest BCUT2D eigenvalue weighted by atomic mass is 10.1. The van der Waals surface area contributed by atoms with Crippen LogP contribution in [0, 0.1) is 6.92 Å². The van der Waals surface area contributed by atoms with Gasteiger partial charge < -0.3 is 9.52 Å². The average Bonchev–Trinajstić information content (AvgIpc) is 2.66. The van der Waals surface area contributed by atoms with E-state index in [2.05, 4.69) is 4.98 Å². The Morgan fingerprint density at radius 3 is 2.93 bits per heavy atom. The lowest BCUT2D eigenvalue weighted by Crippen LogP contribution is -2.02. The third-order valence-electron chi connectivity index (χ3n) is 2.36. The van der Waals surface area contributed by atoms with E-state index in [0.717, 1.165) is 11.1 Å². The Labute approximate surface area is 88.4 Å². The molecule has 78 valence electrons. The number of aliphatic hydroxyl groups excluding tert-OH is 1. The summed E-state index contributed by atoms with van der Waals surface area (Å²) in [7, 11) is 0. The molecule has 1 N–H and O–H groups in total. The van der Waals surface area contributed by atoms with Crippen LogP contribution in [0.4, 0.5) is 0 Å². The molecule has 0 aromatic carbocycles. The number of hydrogen-bond acceptors (Lipinski definition) is 3. The van der Waals surface area contributed by atoms with Crippen LogP contribution >= 0.6 is 0 Å². The maximum atomic E-state index is 9.92. The van der Waals surface area contributed by atoms with Gasteiger partial charge in [0.2, 0.25) is 0 Å². The molecule has 3 nitrogen and oxygen atoms in total. The molecule has 0 saturated heterocycles. The fourth-order valence-electron chi connectivity index (χ4n) is 1.56. The predicted molar refractivity (Wildman–Crippen MR) is 56.3 cm³/mol. The van der Waals surface area contributed by atoms with Gasteiger partial charge in [-0.25, -0.2) is 0 Å². The lowest BCUT2D eigenvalue weighted by molar-refractivity contribution is 0.149. The highest BCUT2D eigenvalue weighted by Crippen LogP contribution is 2.21. The van der Waals surface area contributed by atoms with E-state index in [1.165, 1.54) is 0 Å². The fourth-order valence-corrected chi connectivity index (χ4v) is 1.56. The van der Waals surface area contributed by atoms with E-state index in [-0.39, 0.29) is 0 Å². The van der Waals surface area contributed by atoms with E-state index in [1.807, 2.05) is 25.1 Å².